The number of tetrazole rings is 1. The molecule has 10 rings (SSSR count). The first-order valence-corrected chi connectivity index (χ1v) is 19.3. The fraction of sp³-hybridized carbons (Fsp3) is 0.186. The van der Waals surface area contributed by atoms with Crippen LogP contribution >= 0.6 is 0 Å². The second kappa shape index (κ2) is 16.4. The maximum absolute atomic E-state index is 12.4. The third-order valence-corrected chi connectivity index (χ3v) is 10.1. The zero-order valence-corrected chi connectivity index (χ0v) is 31.7. The van der Waals surface area contributed by atoms with Crippen molar-refractivity contribution in [3.8, 4) is 22.8 Å². The van der Waals surface area contributed by atoms with Crippen molar-refractivity contribution in [1.29, 1.82) is 0 Å². The lowest BCUT2D eigenvalue weighted by molar-refractivity contribution is -0.112. The average molecular weight is 787 g/mol. The first-order chi connectivity index (χ1) is 28.9. The molecule has 2 saturated carbocycles. The van der Waals surface area contributed by atoms with Crippen LogP contribution < -0.4 is 16.4 Å². The molecule has 0 atom stereocenters. The van der Waals surface area contributed by atoms with E-state index in [0.717, 1.165) is 57.9 Å². The molecule has 0 aliphatic heterocycles. The average Bonchev–Trinajstić information content (AvgIpc) is 4.00. The van der Waals surface area contributed by atoms with Crippen LogP contribution in [0.25, 0.3) is 56.8 Å². The predicted octanol–water partition coefficient (Wildman–Crippen LogP) is 6.72. The van der Waals surface area contributed by atoms with Crippen molar-refractivity contribution >= 4 is 57.1 Å². The van der Waals surface area contributed by atoms with E-state index in [2.05, 4.69) is 67.1 Å². The molecular formula is C43H38N12O4. The molecule has 0 saturated heterocycles. The van der Waals surface area contributed by atoms with Crippen LogP contribution in [0.1, 0.15) is 36.8 Å². The van der Waals surface area contributed by atoms with Gasteiger partial charge >= 0.3 is 5.76 Å². The molecule has 4 aromatic carbocycles. The maximum atomic E-state index is 12.4. The summed E-state index contributed by atoms with van der Waals surface area (Å²) in [7, 11) is 0. The molecule has 59 heavy (non-hydrogen) atoms. The van der Waals surface area contributed by atoms with Gasteiger partial charge in [0.1, 0.15) is 0 Å². The fourth-order valence-corrected chi connectivity index (χ4v) is 6.68. The number of H-pyrrole nitrogens is 2. The lowest BCUT2D eigenvalue weighted by atomic mass is 10.1. The molecule has 16 heteroatoms. The van der Waals surface area contributed by atoms with Crippen LogP contribution in [0.3, 0.4) is 0 Å². The summed E-state index contributed by atoms with van der Waals surface area (Å²) in [5.41, 5.74) is 6.44. The van der Waals surface area contributed by atoms with Crippen molar-refractivity contribution < 1.29 is 14.0 Å². The minimum absolute atomic E-state index is 0.119. The van der Waals surface area contributed by atoms with Crippen LogP contribution in [0.2, 0.25) is 0 Å². The van der Waals surface area contributed by atoms with E-state index >= 15 is 0 Å². The number of carbonyl (C=O) groups excluding carboxylic acids is 2. The second-order valence-electron chi connectivity index (χ2n) is 14.6. The zero-order valence-electron chi connectivity index (χ0n) is 31.7. The van der Waals surface area contributed by atoms with Gasteiger partial charge in [0.05, 0.1) is 40.4 Å². The number of anilines is 2. The summed E-state index contributed by atoms with van der Waals surface area (Å²) in [6.07, 6.45) is 15.4. The van der Waals surface area contributed by atoms with Gasteiger partial charge in [-0.3, -0.25) is 19.0 Å². The summed E-state index contributed by atoms with van der Waals surface area (Å²) in [5.74, 6) is 0.898. The Morgan fingerprint density at radius 2 is 1.25 bits per heavy atom. The van der Waals surface area contributed by atoms with Gasteiger partial charge in [-0.15, -0.1) is 15.3 Å². The normalized spacial score (nSPS) is 13.9. The molecule has 294 valence electrons. The Morgan fingerprint density at radius 3 is 1.76 bits per heavy atom. The van der Waals surface area contributed by atoms with E-state index in [-0.39, 0.29) is 17.7 Å². The van der Waals surface area contributed by atoms with Gasteiger partial charge in [-0.2, -0.15) is 15.4 Å². The van der Waals surface area contributed by atoms with Crippen LogP contribution in [-0.4, -0.2) is 62.2 Å². The van der Waals surface area contributed by atoms with Crippen molar-refractivity contribution in [2.75, 3.05) is 10.6 Å². The summed E-state index contributed by atoms with van der Waals surface area (Å²) in [6.45, 7) is 1.96. The molecule has 2 amide bonds. The van der Waals surface area contributed by atoms with Crippen molar-refractivity contribution in [1.82, 2.24) is 50.4 Å². The predicted molar refractivity (Wildman–Crippen MR) is 222 cm³/mol. The highest BCUT2D eigenvalue weighted by molar-refractivity contribution is 6.05. The smallest absolute Gasteiger partial charge is 0.388 e. The molecule has 2 aliphatic carbocycles. The van der Waals surface area contributed by atoms with E-state index in [1.54, 1.807) is 42.5 Å². The lowest BCUT2D eigenvalue weighted by Crippen LogP contribution is -2.09. The molecule has 0 spiro atoms. The van der Waals surface area contributed by atoms with E-state index in [1.807, 2.05) is 60.9 Å². The number of fused-ring (bicyclic) bond motifs is 2. The number of hydrogen-bond acceptors (Lipinski definition) is 10. The number of carbonyl (C=O) groups is 2. The number of para-hydroxylation sites is 2. The minimum atomic E-state index is -0.651. The highest BCUT2D eigenvalue weighted by Crippen LogP contribution is 2.33. The van der Waals surface area contributed by atoms with Gasteiger partial charge in [0.15, 0.2) is 0 Å². The Kier molecular flexibility index (Phi) is 10.2. The van der Waals surface area contributed by atoms with Gasteiger partial charge in [0.25, 0.3) is 5.89 Å². The Balaban J connectivity index is 0.000000152. The quantitative estimate of drug-likeness (QED) is 0.0962. The summed E-state index contributed by atoms with van der Waals surface area (Å²) in [5, 5.41) is 36.8. The SMILES string of the molecule is O=C(/C=C/c1ccc2c(cnn2CC2CC2)c1)Nc1ccccc1-c1n[nH]c(=O)o1.O=C(/C=C/c1ccc2c(cnn2CC2CC2)c1)Nc1ccccc1-c1nn[nH]n1. The highest BCUT2D eigenvalue weighted by Gasteiger charge is 2.23. The van der Waals surface area contributed by atoms with Crippen molar-refractivity contribution in [2.24, 2.45) is 11.8 Å². The molecule has 4 N–H and O–H groups in total. The van der Waals surface area contributed by atoms with E-state index < -0.39 is 5.76 Å². The molecule has 0 radical (unpaired) electrons. The van der Waals surface area contributed by atoms with Crippen LogP contribution in [-0.2, 0) is 22.7 Å². The number of nitrogens with one attached hydrogen (secondary N) is 4. The summed E-state index contributed by atoms with van der Waals surface area (Å²) < 4.78 is 9.12. The topological polar surface area (TPSA) is 207 Å². The zero-order chi connectivity index (χ0) is 40.1. The number of hydrogen-bond donors (Lipinski definition) is 4. The molecule has 4 aromatic heterocycles. The van der Waals surface area contributed by atoms with E-state index in [1.165, 1.54) is 37.8 Å². The number of benzene rings is 4. The Morgan fingerprint density at radius 1 is 0.712 bits per heavy atom. The molecule has 0 bridgehead atoms. The first-order valence-electron chi connectivity index (χ1n) is 19.3. The molecule has 8 aromatic rings. The third kappa shape index (κ3) is 8.96. The molecular weight excluding hydrogens is 749 g/mol. The molecule has 0 unspecified atom stereocenters. The summed E-state index contributed by atoms with van der Waals surface area (Å²) in [6, 6.07) is 26.5. The van der Waals surface area contributed by atoms with Crippen LogP contribution in [0.5, 0.6) is 0 Å². The monoisotopic (exact) mass is 786 g/mol. The van der Waals surface area contributed by atoms with E-state index in [4.69, 9.17) is 4.42 Å². The van der Waals surface area contributed by atoms with Gasteiger partial charge in [0.2, 0.25) is 17.6 Å². The van der Waals surface area contributed by atoms with Crippen molar-refractivity contribution in [3.63, 3.8) is 0 Å². The van der Waals surface area contributed by atoms with Gasteiger partial charge in [-0.05, 0) is 115 Å². The number of aromatic nitrogens is 10. The summed E-state index contributed by atoms with van der Waals surface area (Å²) in [4.78, 5) is 36.1. The van der Waals surface area contributed by atoms with Gasteiger partial charge < -0.3 is 15.1 Å². The lowest BCUT2D eigenvalue weighted by Gasteiger charge is -2.06. The first kappa shape index (κ1) is 36.9. The van der Waals surface area contributed by atoms with Crippen molar-refractivity contribution in [3.05, 3.63) is 131 Å². The van der Waals surface area contributed by atoms with E-state index in [9.17, 15) is 14.4 Å². The van der Waals surface area contributed by atoms with Crippen LogP contribution in [0, 0.1) is 11.8 Å². The van der Waals surface area contributed by atoms with Gasteiger partial charge in [-0.1, -0.05) is 36.4 Å². The largest absolute Gasteiger partial charge is 0.434 e. The molecule has 2 fully saturated rings. The molecule has 16 nitrogen and oxygen atoms in total. The number of rotatable bonds is 12. The Bertz CT molecular complexity index is 2890. The molecule has 2 aliphatic rings. The van der Waals surface area contributed by atoms with Gasteiger partial charge in [-0.25, -0.2) is 9.89 Å². The summed E-state index contributed by atoms with van der Waals surface area (Å²) >= 11 is 0. The third-order valence-electron chi connectivity index (χ3n) is 10.1. The standard InChI is InChI=1S/C22H19N5O3.C21H19N7O/c28-20(24-18-4-2-1-3-17(18)21-25-26-22(29)30-21)10-8-14-7-9-19-16(11-14)12-23-27(19)13-15-5-6-15;29-20(23-18-4-2-1-3-17(18)21-24-26-27-25-21)10-8-14-7-9-19-16(11-14)12-22-28(19)13-15-5-6-15/h1-4,7-12,15H,5-6,13H2,(H,24,28)(H,26,29);1-4,7-12,15H,5-6,13H2,(H,23,29)(H,24,25,26,27)/b2*10-8+. The molecule has 4 heterocycles. The van der Waals surface area contributed by atoms with E-state index in [0.29, 0.717) is 28.3 Å². The number of aromatic amines is 2. The van der Waals surface area contributed by atoms with Gasteiger partial charge in [0, 0.05) is 41.6 Å². The fourth-order valence-electron chi connectivity index (χ4n) is 6.68. The Hall–Kier alpha value is -7.75. The van der Waals surface area contributed by atoms with Crippen molar-refractivity contribution in [2.45, 2.75) is 38.8 Å². The maximum Gasteiger partial charge on any atom is 0.434 e. The Labute approximate surface area is 336 Å². The number of amides is 2. The number of nitrogens with zero attached hydrogens (tertiary/aromatic N) is 8. The highest BCUT2D eigenvalue weighted by atomic mass is 16.4. The minimum Gasteiger partial charge on any atom is -0.388 e. The van der Waals surface area contributed by atoms with Crippen LogP contribution in [0.4, 0.5) is 11.4 Å². The van der Waals surface area contributed by atoms with Crippen LogP contribution in [0.15, 0.2) is 119 Å². The second-order valence-corrected chi connectivity index (χ2v) is 14.6.